The van der Waals surface area contributed by atoms with E-state index in [1.165, 1.54) is 0 Å². The van der Waals surface area contributed by atoms with Crippen LogP contribution in [-0.4, -0.2) is 53.3 Å². The number of nitrogens with zero attached hydrogens (tertiary/aromatic N) is 2. The van der Waals surface area contributed by atoms with Gasteiger partial charge in [-0.3, -0.25) is 14.5 Å². The Morgan fingerprint density at radius 3 is 2.47 bits per heavy atom. The van der Waals surface area contributed by atoms with Crippen LogP contribution in [0.3, 0.4) is 0 Å². The Labute approximate surface area is 90.2 Å². The number of hydrogen-bond donors (Lipinski definition) is 1. The molecule has 0 radical (unpaired) electrons. The van der Waals surface area contributed by atoms with Gasteiger partial charge in [-0.2, -0.15) is 0 Å². The summed E-state index contributed by atoms with van der Waals surface area (Å²) < 4.78 is 0. The van der Waals surface area contributed by atoms with Gasteiger partial charge in [0.1, 0.15) is 0 Å². The highest BCUT2D eigenvalue weighted by atomic mass is 16.2. The Hall–Kier alpha value is -1.10. The predicted molar refractivity (Wildman–Crippen MR) is 57.1 cm³/mol. The largest absolute Gasteiger partial charge is 0.368 e. The van der Waals surface area contributed by atoms with Gasteiger partial charge in [0.2, 0.25) is 11.8 Å². The first-order valence-corrected chi connectivity index (χ1v) is 5.10. The van der Waals surface area contributed by atoms with Crippen molar-refractivity contribution in [3.8, 4) is 0 Å². The minimum Gasteiger partial charge on any atom is -0.368 e. The van der Waals surface area contributed by atoms with Crippen LogP contribution < -0.4 is 5.73 Å². The quantitative estimate of drug-likeness (QED) is 0.667. The van der Waals surface area contributed by atoms with Crippen LogP contribution in [0.4, 0.5) is 0 Å². The summed E-state index contributed by atoms with van der Waals surface area (Å²) in [5, 5.41) is 0. The van der Waals surface area contributed by atoms with Gasteiger partial charge in [0, 0.05) is 20.1 Å². The number of hydrogen-bond acceptors (Lipinski definition) is 3. The molecule has 0 aromatic carbocycles. The van der Waals surface area contributed by atoms with Gasteiger partial charge < -0.3 is 10.6 Å². The van der Waals surface area contributed by atoms with Crippen LogP contribution in [0.2, 0.25) is 0 Å². The molecule has 1 rings (SSSR count). The van der Waals surface area contributed by atoms with Gasteiger partial charge in [0.15, 0.2) is 0 Å². The van der Waals surface area contributed by atoms with Crippen molar-refractivity contribution in [2.45, 2.75) is 32.4 Å². The number of piperazine rings is 1. The summed E-state index contributed by atoms with van der Waals surface area (Å²) in [6, 6.07) is -0.405. The van der Waals surface area contributed by atoms with Crippen molar-refractivity contribution in [2.75, 3.05) is 20.1 Å². The molecule has 86 valence electrons. The lowest BCUT2D eigenvalue weighted by molar-refractivity contribution is -0.151. The normalized spacial score (nSPS) is 24.0. The fourth-order valence-electron chi connectivity index (χ4n) is 2.06. The molecule has 5 nitrogen and oxygen atoms in total. The van der Waals surface area contributed by atoms with Crippen molar-refractivity contribution < 1.29 is 9.59 Å². The zero-order valence-corrected chi connectivity index (χ0v) is 9.78. The molecule has 1 saturated heterocycles. The predicted octanol–water partition coefficient (Wildman–Crippen LogP) is -0.587. The highest BCUT2D eigenvalue weighted by Gasteiger charge is 2.43. The summed E-state index contributed by atoms with van der Waals surface area (Å²) in [6.07, 6.45) is 0. The third-order valence-corrected chi connectivity index (χ3v) is 3.14. The third kappa shape index (κ3) is 1.97. The van der Waals surface area contributed by atoms with Crippen LogP contribution in [0.15, 0.2) is 0 Å². The second-order valence-corrected chi connectivity index (χ2v) is 4.56. The van der Waals surface area contributed by atoms with Gasteiger partial charge in [0.25, 0.3) is 0 Å². The summed E-state index contributed by atoms with van der Waals surface area (Å²) >= 11 is 0. The first-order valence-electron chi connectivity index (χ1n) is 5.10. The molecular weight excluding hydrogens is 194 g/mol. The number of rotatable bonds is 2. The van der Waals surface area contributed by atoms with Crippen molar-refractivity contribution in [3.63, 3.8) is 0 Å². The summed E-state index contributed by atoms with van der Waals surface area (Å²) in [7, 11) is 1.77. The van der Waals surface area contributed by atoms with Gasteiger partial charge in [-0.25, -0.2) is 0 Å². The zero-order valence-electron chi connectivity index (χ0n) is 9.78. The Kier molecular flexibility index (Phi) is 3.04. The van der Waals surface area contributed by atoms with E-state index >= 15 is 0 Å². The molecular formula is C10H19N3O2. The van der Waals surface area contributed by atoms with Gasteiger partial charge in [-0.15, -0.1) is 0 Å². The highest BCUT2D eigenvalue weighted by molar-refractivity contribution is 5.88. The summed E-state index contributed by atoms with van der Waals surface area (Å²) in [6.45, 7) is 6.71. The van der Waals surface area contributed by atoms with E-state index in [1.54, 1.807) is 18.9 Å². The molecule has 5 heteroatoms. The Morgan fingerprint density at radius 1 is 1.47 bits per heavy atom. The van der Waals surface area contributed by atoms with Crippen molar-refractivity contribution >= 4 is 11.8 Å². The number of carbonyl (C=O) groups is 2. The molecule has 1 fully saturated rings. The SMILES string of the molecule is CC(C(N)=O)N1CCN(C)C(=O)C1(C)C. The monoisotopic (exact) mass is 213 g/mol. The van der Waals surface area contributed by atoms with E-state index in [2.05, 4.69) is 0 Å². The minimum atomic E-state index is -0.651. The molecule has 1 aliphatic rings. The van der Waals surface area contributed by atoms with Crippen LogP contribution in [0.25, 0.3) is 0 Å². The Morgan fingerprint density at radius 2 is 2.00 bits per heavy atom. The molecule has 1 heterocycles. The minimum absolute atomic E-state index is 0.0295. The Bertz CT molecular complexity index is 288. The van der Waals surface area contributed by atoms with Crippen LogP contribution in [0.5, 0.6) is 0 Å². The first kappa shape index (κ1) is 12.0. The topological polar surface area (TPSA) is 66.6 Å². The fourth-order valence-corrected chi connectivity index (χ4v) is 2.06. The van der Waals surface area contributed by atoms with E-state index in [9.17, 15) is 9.59 Å². The van der Waals surface area contributed by atoms with E-state index in [1.807, 2.05) is 18.7 Å². The molecule has 0 aliphatic carbocycles. The molecule has 2 amide bonds. The molecule has 1 atom stereocenters. The van der Waals surface area contributed by atoms with Crippen molar-refractivity contribution in [3.05, 3.63) is 0 Å². The molecule has 0 spiro atoms. The van der Waals surface area contributed by atoms with Crippen molar-refractivity contribution in [1.82, 2.24) is 9.80 Å². The first-order chi connectivity index (χ1) is 6.78. The summed E-state index contributed by atoms with van der Waals surface area (Å²) in [5.74, 6) is -0.359. The fraction of sp³-hybridized carbons (Fsp3) is 0.800. The van der Waals surface area contributed by atoms with Crippen molar-refractivity contribution in [1.29, 1.82) is 0 Å². The Balaban J connectivity index is 2.92. The van der Waals surface area contributed by atoms with E-state index in [-0.39, 0.29) is 11.8 Å². The number of amides is 2. The number of nitrogens with two attached hydrogens (primary N) is 1. The number of likely N-dealkylation sites (N-methyl/N-ethyl adjacent to an activating group) is 1. The van der Waals surface area contributed by atoms with E-state index < -0.39 is 11.6 Å². The second-order valence-electron chi connectivity index (χ2n) is 4.56. The molecule has 0 bridgehead atoms. The second kappa shape index (κ2) is 3.81. The summed E-state index contributed by atoms with van der Waals surface area (Å²) in [5.41, 5.74) is 4.61. The standard InChI is InChI=1S/C10H19N3O2/c1-7(8(11)14)13-6-5-12(4)9(15)10(13,2)3/h7H,5-6H2,1-4H3,(H2,11,14). The van der Waals surface area contributed by atoms with Gasteiger partial charge in [0.05, 0.1) is 11.6 Å². The van der Waals surface area contributed by atoms with Crippen LogP contribution in [0, 0.1) is 0 Å². The number of carbonyl (C=O) groups excluding carboxylic acids is 2. The van der Waals surface area contributed by atoms with Gasteiger partial charge >= 0.3 is 0 Å². The summed E-state index contributed by atoms with van der Waals surface area (Å²) in [4.78, 5) is 26.6. The lowest BCUT2D eigenvalue weighted by Gasteiger charge is -2.46. The molecule has 2 N–H and O–H groups in total. The lowest BCUT2D eigenvalue weighted by atomic mass is 9.95. The average molecular weight is 213 g/mol. The highest BCUT2D eigenvalue weighted by Crippen LogP contribution is 2.23. The maximum atomic E-state index is 11.9. The van der Waals surface area contributed by atoms with Gasteiger partial charge in [-0.1, -0.05) is 0 Å². The average Bonchev–Trinajstić information content (AvgIpc) is 2.13. The van der Waals surface area contributed by atoms with Crippen LogP contribution in [0.1, 0.15) is 20.8 Å². The smallest absolute Gasteiger partial charge is 0.242 e. The van der Waals surface area contributed by atoms with Crippen LogP contribution in [-0.2, 0) is 9.59 Å². The van der Waals surface area contributed by atoms with E-state index in [0.717, 1.165) is 0 Å². The van der Waals surface area contributed by atoms with E-state index in [4.69, 9.17) is 5.73 Å². The lowest BCUT2D eigenvalue weighted by Crippen LogP contribution is -2.66. The van der Waals surface area contributed by atoms with Crippen LogP contribution >= 0.6 is 0 Å². The third-order valence-electron chi connectivity index (χ3n) is 3.14. The molecule has 0 saturated carbocycles. The maximum absolute atomic E-state index is 11.9. The molecule has 1 unspecified atom stereocenters. The van der Waals surface area contributed by atoms with Gasteiger partial charge in [-0.05, 0) is 20.8 Å². The van der Waals surface area contributed by atoms with E-state index in [0.29, 0.717) is 13.1 Å². The maximum Gasteiger partial charge on any atom is 0.242 e. The molecule has 1 aliphatic heterocycles. The molecule has 0 aromatic rings. The molecule has 0 aromatic heterocycles. The number of primary amides is 1. The zero-order chi connectivity index (χ0) is 11.8. The molecule has 15 heavy (non-hydrogen) atoms. The van der Waals surface area contributed by atoms with Crippen molar-refractivity contribution in [2.24, 2.45) is 5.73 Å².